The third-order valence-electron chi connectivity index (χ3n) is 5.06. The number of oxazole rings is 1. The number of hydrogen-bond acceptors (Lipinski definition) is 8. The maximum absolute atomic E-state index is 12.9. The lowest BCUT2D eigenvalue weighted by Crippen LogP contribution is -2.19. The molecule has 2 heterocycles. The number of rotatable bonds is 10. The van der Waals surface area contributed by atoms with Gasteiger partial charge in [-0.05, 0) is 43.9 Å². The number of aryl methyl sites for hydroxylation is 1. The topological polar surface area (TPSA) is 144 Å². The molecule has 1 atom stereocenters. The number of alkyl halides is 2. The summed E-state index contributed by atoms with van der Waals surface area (Å²) in [5, 5.41) is 6.66. The highest BCUT2D eigenvalue weighted by Crippen LogP contribution is 2.37. The van der Waals surface area contributed by atoms with Gasteiger partial charge in [-0.2, -0.15) is 13.9 Å². The predicted molar refractivity (Wildman–Crippen MR) is 117 cm³/mol. The highest BCUT2D eigenvalue weighted by molar-refractivity contribution is 6.03. The Hall–Kier alpha value is -4.16. The summed E-state index contributed by atoms with van der Waals surface area (Å²) in [7, 11) is 1.68. The first-order chi connectivity index (χ1) is 16.7. The molecule has 35 heavy (non-hydrogen) atoms. The van der Waals surface area contributed by atoms with Crippen LogP contribution in [0.5, 0.6) is 11.5 Å². The Labute approximate surface area is 198 Å². The number of carbonyl (C=O) groups excluding carboxylic acids is 2. The molecule has 1 aliphatic carbocycles. The van der Waals surface area contributed by atoms with Crippen molar-refractivity contribution in [1.29, 1.82) is 0 Å². The Balaban J connectivity index is 1.68. The minimum Gasteiger partial charge on any atom is -0.489 e. The van der Waals surface area contributed by atoms with E-state index in [2.05, 4.69) is 20.1 Å². The van der Waals surface area contributed by atoms with Gasteiger partial charge in [0.2, 0.25) is 5.89 Å². The molecule has 186 valence electrons. The van der Waals surface area contributed by atoms with Crippen LogP contribution >= 0.6 is 0 Å². The number of ether oxygens (including phenoxy) is 3. The summed E-state index contributed by atoms with van der Waals surface area (Å²) in [6.07, 6.45) is 1.51. The van der Waals surface area contributed by atoms with E-state index in [9.17, 15) is 18.4 Å². The summed E-state index contributed by atoms with van der Waals surface area (Å²) in [5.74, 6) is -0.214. The van der Waals surface area contributed by atoms with Gasteiger partial charge in [0.15, 0.2) is 34.9 Å². The minimum atomic E-state index is -3.04. The van der Waals surface area contributed by atoms with Crippen LogP contribution in [0.4, 0.5) is 19.4 Å². The van der Waals surface area contributed by atoms with Crippen LogP contribution in [-0.2, 0) is 11.8 Å². The molecule has 1 aliphatic rings. The normalized spacial score (nSPS) is 14.0. The van der Waals surface area contributed by atoms with Crippen LogP contribution in [0.1, 0.15) is 42.1 Å². The van der Waals surface area contributed by atoms with E-state index in [-0.39, 0.29) is 34.7 Å². The van der Waals surface area contributed by atoms with Gasteiger partial charge in [0, 0.05) is 24.9 Å². The number of carbonyl (C=O) groups is 2. The molecular weight excluding hydrogens is 468 g/mol. The smallest absolute Gasteiger partial charge is 0.405 e. The van der Waals surface area contributed by atoms with Gasteiger partial charge in [-0.15, -0.1) is 0 Å². The molecule has 3 N–H and O–H groups in total. The van der Waals surface area contributed by atoms with Crippen molar-refractivity contribution < 1.29 is 37.0 Å². The summed E-state index contributed by atoms with van der Waals surface area (Å²) in [5.41, 5.74) is 5.26. The molecule has 1 saturated carbocycles. The number of aromatic nitrogens is 3. The third-order valence-corrected chi connectivity index (χ3v) is 5.06. The number of nitrogens with zero attached hydrogens (tertiary/aromatic N) is 3. The highest BCUT2D eigenvalue weighted by atomic mass is 19.3. The minimum absolute atomic E-state index is 0.0361. The number of amides is 2. The van der Waals surface area contributed by atoms with E-state index in [1.54, 1.807) is 19.3 Å². The number of nitrogens with two attached hydrogens (primary N) is 1. The number of hydrogen-bond donors (Lipinski definition) is 2. The molecular formula is C22H23F2N5O6. The van der Waals surface area contributed by atoms with E-state index in [1.807, 2.05) is 0 Å². The largest absolute Gasteiger partial charge is 0.489 e. The molecule has 1 fully saturated rings. The zero-order valence-electron chi connectivity index (χ0n) is 18.9. The van der Waals surface area contributed by atoms with E-state index in [4.69, 9.17) is 19.6 Å². The van der Waals surface area contributed by atoms with Crippen LogP contribution in [0.3, 0.4) is 0 Å². The van der Waals surface area contributed by atoms with Crippen LogP contribution < -0.4 is 20.5 Å². The molecule has 0 aliphatic heterocycles. The second kappa shape index (κ2) is 9.99. The van der Waals surface area contributed by atoms with Crippen LogP contribution in [0, 0.1) is 5.92 Å². The van der Waals surface area contributed by atoms with Gasteiger partial charge >= 0.3 is 12.7 Å². The Kier molecular flexibility index (Phi) is 6.85. The van der Waals surface area contributed by atoms with E-state index < -0.39 is 24.7 Å². The molecule has 11 nitrogen and oxygen atoms in total. The second-order valence-electron chi connectivity index (χ2n) is 7.93. The lowest BCUT2D eigenvalue weighted by molar-refractivity contribution is -0.0515. The lowest BCUT2D eigenvalue weighted by atomic mass is 10.2. The van der Waals surface area contributed by atoms with Crippen molar-refractivity contribution in [1.82, 2.24) is 14.8 Å². The van der Waals surface area contributed by atoms with Gasteiger partial charge in [0.05, 0.1) is 6.61 Å². The maximum atomic E-state index is 12.9. The number of nitrogens with one attached hydrogen (secondary N) is 1. The first-order valence-corrected chi connectivity index (χ1v) is 10.7. The van der Waals surface area contributed by atoms with E-state index in [1.165, 1.54) is 29.8 Å². The van der Waals surface area contributed by atoms with Crippen LogP contribution in [0.25, 0.3) is 11.5 Å². The molecule has 1 aromatic carbocycles. The first kappa shape index (κ1) is 24.0. The molecule has 2 amide bonds. The summed E-state index contributed by atoms with van der Waals surface area (Å²) >= 11 is 0. The van der Waals surface area contributed by atoms with Gasteiger partial charge in [-0.1, -0.05) is 0 Å². The van der Waals surface area contributed by atoms with Crippen molar-refractivity contribution in [3.8, 4) is 23.0 Å². The fourth-order valence-electron chi connectivity index (χ4n) is 3.22. The fourth-order valence-corrected chi connectivity index (χ4v) is 3.22. The van der Waals surface area contributed by atoms with E-state index in [0.717, 1.165) is 12.8 Å². The van der Waals surface area contributed by atoms with Crippen molar-refractivity contribution in [2.75, 3.05) is 11.9 Å². The first-order valence-electron chi connectivity index (χ1n) is 10.7. The van der Waals surface area contributed by atoms with Crippen molar-refractivity contribution >= 4 is 17.8 Å². The van der Waals surface area contributed by atoms with E-state index in [0.29, 0.717) is 18.1 Å². The van der Waals surface area contributed by atoms with Crippen molar-refractivity contribution in [2.45, 2.75) is 32.5 Å². The molecule has 0 radical (unpaired) electrons. The molecule has 2 aromatic heterocycles. The van der Waals surface area contributed by atoms with Gasteiger partial charge in [-0.25, -0.2) is 9.78 Å². The third kappa shape index (κ3) is 6.05. The molecule has 3 aromatic rings. The monoisotopic (exact) mass is 491 g/mol. The number of primary amides is 1. The van der Waals surface area contributed by atoms with Gasteiger partial charge in [0.1, 0.15) is 0 Å². The van der Waals surface area contributed by atoms with Crippen molar-refractivity contribution in [3.05, 3.63) is 41.9 Å². The lowest BCUT2D eigenvalue weighted by Gasteiger charge is -2.13. The number of benzene rings is 1. The van der Waals surface area contributed by atoms with Gasteiger partial charge in [0.25, 0.3) is 5.91 Å². The van der Waals surface area contributed by atoms with Crippen molar-refractivity contribution in [2.24, 2.45) is 18.7 Å². The van der Waals surface area contributed by atoms with Crippen molar-refractivity contribution in [3.63, 3.8) is 0 Å². The van der Waals surface area contributed by atoms with E-state index >= 15 is 0 Å². The summed E-state index contributed by atoms with van der Waals surface area (Å²) < 4.78 is 48.2. The van der Waals surface area contributed by atoms with Crippen LogP contribution in [-0.4, -0.2) is 40.0 Å². The molecule has 0 spiro atoms. The average molecular weight is 491 g/mol. The molecule has 0 saturated heterocycles. The quantitative estimate of drug-likeness (QED) is 0.435. The molecule has 4 rings (SSSR count). The maximum Gasteiger partial charge on any atom is 0.405 e. The Bertz CT molecular complexity index is 1220. The standard InChI is InChI=1S/C22H23F2N5O6/c1-11(33-22(25)31)18-17(19(30)26-16-7-8-29(2)28-16)27-20(35-18)13-5-6-14(34-21(23)24)15(9-13)32-10-12-3-4-12/h5-9,11-12,21H,3-4,10H2,1-2H3,(H2,25,31)(H,26,28,30). The molecule has 1 unspecified atom stereocenters. The zero-order valence-corrected chi connectivity index (χ0v) is 18.9. The highest BCUT2D eigenvalue weighted by Gasteiger charge is 2.28. The number of anilines is 1. The Morgan fingerprint density at radius 3 is 2.69 bits per heavy atom. The Morgan fingerprint density at radius 2 is 2.06 bits per heavy atom. The zero-order chi connectivity index (χ0) is 25.1. The summed E-state index contributed by atoms with van der Waals surface area (Å²) in [6.45, 7) is -1.23. The number of halogens is 2. The van der Waals surface area contributed by atoms with Gasteiger partial charge in [-0.3, -0.25) is 9.48 Å². The summed E-state index contributed by atoms with van der Waals surface area (Å²) in [6, 6.07) is 5.73. The SMILES string of the molecule is CC(OC(N)=O)c1oc(-c2ccc(OC(F)F)c(OCC3CC3)c2)nc1C(=O)Nc1ccn(C)n1. The predicted octanol–water partition coefficient (Wildman–Crippen LogP) is 3.87. The average Bonchev–Trinajstić information content (AvgIpc) is 3.35. The Morgan fingerprint density at radius 1 is 1.29 bits per heavy atom. The molecule has 13 heteroatoms. The summed E-state index contributed by atoms with van der Waals surface area (Å²) in [4.78, 5) is 28.5. The molecule has 0 bridgehead atoms. The van der Waals surface area contributed by atoms with Crippen LogP contribution in [0.2, 0.25) is 0 Å². The fraction of sp³-hybridized carbons (Fsp3) is 0.364. The van der Waals surface area contributed by atoms with Gasteiger partial charge < -0.3 is 29.7 Å². The van der Waals surface area contributed by atoms with Crippen LogP contribution in [0.15, 0.2) is 34.9 Å². The second-order valence-corrected chi connectivity index (χ2v) is 7.93.